The Labute approximate surface area is 104 Å². The zero-order valence-electron chi connectivity index (χ0n) is 11.0. The Morgan fingerprint density at radius 1 is 1.35 bits per heavy atom. The first-order valence-corrected chi connectivity index (χ1v) is 6.53. The summed E-state index contributed by atoms with van der Waals surface area (Å²) in [4.78, 5) is 0. The highest BCUT2D eigenvalue weighted by Crippen LogP contribution is 2.32. The van der Waals surface area contributed by atoms with Crippen molar-refractivity contribution in [1.29, 1.82) is 0 Å². The maximum Gasteiger partial charge on any atom is 0.102 e. The van der Waals surface area contributed by atoms with Crippen molar-refractivity contribution < 1.29 is 5.11 Å². The van der Waals surface area contributed by atoms with Gasteiger partial charge in [0.05, 0.1) is 0 Å². The summed E-state index contributed by atoms with van der Waals surface area (Å²) >= 11 is 0. The minimum Gasteiger partial charge on any atom is -0.384 e. The van der Waals surface area contributed by atoms with Crippen molar-refractivity contribution in [3.05, 3.63) is 35.4 Å². The molecule has 0 bridgehead atoms. The molecule has 3 unspecified atom stereocenters. The van der Waals surface area contributed by atoms with Crippen molar-refractivity contribution >= 4 is 0 Å². The first kappa shape index (κ1) is 12.6. The van der Waals surface area contributed by atoms with E-state index in [0.717, 1.165) is 24.1 Å². The average Bonchev–Trinajstić information content (AvgIpc) is 2.29. The summed E-state index contributed by atoms with van der Waals surface area (Å²) in [6.07, 6.45) is 2.25. The number of aliphatic hydroxyl groups is 1. The third kappa shape index (κ3) is 2.53. The van der Waals surface area contributed by atoms with Crippen molar-refractivity contribution in [2.45, 2.75) is 45.3 Å². The quantitative estimate of drug-likeness (QED) is 0.823. The monoisotopic (exact) mass is 233 g/mol. The number of piperidine rings is 1. The predicted octanol–water partition coefficient (Wildman–Crippen LogP) is 2.59. The predicted molar refractivity (Wildman–Crippen MR) is 70.9 cm³/mol. The summed E-state index contributed by atoms with van der Waals surface area (Å²) in [6.45, 7) is 7.27. The molecule has 2 nitrogen and oxygen atoms in total. The van der Waals surface area contributed by atoms with E-state index in [0.29, 0.717) is 5.92 Å². The first-order chi connectivity index (χ1) is 8.01. The van der Waals surface area contributed by atoms with Gasteiger partial charge in [0.2, 0.25) is 0 Å². The van der Waals surface area contributed by atoms with E-state index < -0.39 is 5.60 Å². The molecule has 1 aliphatic rings. The van der Waals surface area contributed by atoms with Crippen molar-refractivity contribution in [1.82, 2.24) is 5.32 Å². The van der Waals surface area contributed by atoms with Crippen LogP contribution in [0.4, 0.5) is 0 Å². The fourth-order valence-electron chi connectivity index (χ4n) is 2.86. The van der Waals surface area contributed by atoms with Gasteiger partial charge in [0.1, 0.15) is 5.60 Å². The van der Waals surface area contributed by atoms with Crippen LogP contribution in [0.1, 0.15) is 37.8 Å². The van der Waals surface area contributed by atoms with Gasteiger partial charge in [-0.25, -0.2) is 0 Å². The van der Waals surface area contributed by atoms with Crippen LogP contribution in [0.5, 0.6) is 0 Å². The topological polar surface area (TPSA) is 32.3 Å². The van der Waals surface area contributed by atoms with Gasteiger partial charge in [0.25, 0.3) is 0 Å². The SMILES string of the molecule is Cc1ccccc1C(C)(O)C1CC(C)CCN1. The summed E-state index contributed by atoms with van der Waals surface area (Å²) in [5.74, 6) is 0.691. The average molecular weight is 233 g/mol. The molecular weight excluding hydrogens is 210 g/mol. The zero-order chi connectivity index (χ0) is 12.5. The van der Waals surface area contributed by atoms with Gasteiger partial charge in [-0.15, -0.1) is 0 Å². The van der Waals surface area contributed by atoms with E-state index in [4.69, 9.17) is 0 Å². The van der Waals surface area contributed by atoms with E-state index in [1.165, 1.54) is 6.42 Å². The molecule has 0 spiro atoms. The molecule has 2 N–H and O–H groups in total. The maximum atomic E-state index is 10.8. The minimum atomic E-state index is -0.778. The molecule has 2 rings (SSSR count). The normalized spacial score (nSPS) is 28.7. The molecule has 0 radical (unpaired) electrons. The summed E-state index contributed by atoms with van der Waals surface area (Å²) < 4.78 is 0. The molecule has 2 heteroatoms. The van der Waals surface area contributed by atoms with Crippen LogP contribution in [-0.4, -0.2) is 17.7 Å². The van der Waals surface area contributed by atoms with Crippen molar-refractivity contribution in [3.8, 4) is 0 Å². The molecule has 17 heavy (non-hydrogen) atoms. The molecule has 3 atom stereocenters. The Kier molecular flexibility index (Phi) is 3.55. The summed E-state index contributed by atoms with van der Waals surface area (Å²) in [5, 5.41) is 14.3. The van der Waals surface area contributed by atoms with Crippen LogP contribution in [-0.2, 0) is 5.60 Å². The first-order valence-electron chi connectivity index (χ1n) is 6.53. The van der Waals surface area contributed by atoms with Gasteiger partial charge in [0, 0.05) is 6.04 Å². The van der Waals surface area contributed by atoms with Crippen molar-refractivity contribution in [2.24, 2.45) is 5.92 Å². The van der Waals surface area contributed by atoms with Crippen LogP contribution >= 0.6 is 0 Å². The van der Waals surface area contributed by atoms with Crippen LogP contribution in [0.2, 0.25) is 0 Å². The van der Waals surface area contributed by atoms with Gasteiger partial charge in [0.15, 0.2) is 0 Å². The van der Waals surface area contributed by atoms with E-state index in [9.17, 15) is 5.11 Å². The van der Waals surface area contributed by atoms with Gasteiger partial charge in [-0.1, -0.05) is 31.2 Å². The van der Waals surface area contributed by atoms with Gasteiger partial charge in [-0.05, 0) is 50.3 Å². The van der Waals surface area contributed by atoms with Gasteiger partial charge in [-0.2, -0.15) is 0 Å². The maximum absolute atomic E-state index is 10.8. The van der Waals surface area contributed by atoms with Gasteiger partial charge in [-0.3, -0.25) is 0 Å². The number of benzene rings is 1. The van der Waals surface area contributed by atoms with E-state index in [-0.39, 0.29) is 6.04 Å². The second-order valence-corrected chi connectivity index (χ2v) is 5.60. The Morgan fingerprint density at radius 3 is 2.71 bits per heavy atom. The molecule has 0 aromatic heterocycles. The third-order valence-electron chi connectivity index (χ3n) is 4.03. The molecule has 1 fully saturated rings. The highest BCUT2D eigenvalue weighted by molar-refractivity contribution is 5.32. The summed E-state index contributed by atoms with van der Waals surface area (Å²) in [7, 11) is 0. The highest BCUT2D eigenvalue weighted by atomic mass is 16.3. The molecule has 0 saturated carbocycles. The number of rotatable bonds is 2. The van der Waals surface area contributed by atoms with Crippen molar-refractivity contribution in [3.63, 3.8) is 0 Å². The van der Waals surface area contributed by atoms with Gasteiger partial charge < -0.3 is 10.4 Å². The molecule has 0 amide bonds. The summed E-state index contributed by atoms with van der Waals surface area (Å²) in [6, 6.07) is 8.29. The molecule has 1 heterocycles. The number of nitrogens with one attached hydrogen (secondary N) is 1. The Balaban J connectivity index is 2.26. The largest absolute Gasteiger partial charge is 0.384 e. The Bertz CT molecular complexity index is 386. The standard InChI is InChI=1S/C15H23NO/c1-11-8-9-16-14(10-11)15(3,17)13-7-5-4-6-12(13)2/h4-7,11,14,16-17H,8-10H2,1-3H3. The Morgan fingerprint density at radius 2 is 2.06 bits per heavy atom. The van der Waals surface area contributed by atoms with E-state index in [1.54, 1.807) is 0 Å². The second kappa shape index (κ2) is 4.79. The molecule has 1 saturated heterocycles. The Hall–Kier alpha value is -0.860. The lowest BCUT2D eigenvalue weighted by atomic mass is 9.79. The van der Waals surface area contributed by atoms with Crippen LogP contribution in [0.25, 0.3) is 0 Å². The molecule has 1 aromatic carbocycles. The van der Waals surface area contributed by atoms with Crippen LogP contribution < -0.4 is 5.32 Å². The van der Waals surface area contributed by atoms with Crippen molar-refractivity contribution in [2.75, 3.05) is 6.54 Å². The fraction of sp³-hybridized carbons (Fsp3) is 0.600. The fourth-order valence-corrected chi connectivity index (χ4v) is 2.86. The molecule has 1 aromatic rings. The highest BCUT2D eigenvalue weighted by Gasteiger charge is 2.36. The third-order valence-corrected chi connectivity index (χ3v) is 4.03. The molecule has 94 valence electrons. The number of hydrogen-bond donors (Lipinski definition) is 2. The van der Waals surface area contributed by atoms with Crippen LogP contribution in [0.15, 0.2) is 24.3 Å². The van der Waals surface area contributed by atoms with E-state index in [2.05, 4.69) is 25.2 Å². The summed E-state index contributed by atoms with van der Waals surface area (Å²) in [5.41, 5.74) is 1.43. The smallest absolute Gasteiger partial charge is 0.102 e. The molecule has 1 aliphatic heterocycles. The number of aryl methyl sites for hydroxylation is 1. The van der Waals surface area contributed by atoms with E-state index in [1.807, 2.05) is 25.1 Å². The lowest BCUT2D eigenvalue weighted by Crippen LogP contribution is -2.51. The van der Waals surface area contributed by atoms with Gasteiger partial charge >= 0.3 is 0 Å². The minimum absolute atomic E-state index is 0.160. The molecular formula is C15H23NO. The van der Waals surface area contributed by atoms with E-state index >= 15 is 0 Å². The zero-order valence-corrected chi connectivity index (χ0v) is 11.0. The lowest BCUT2D eigenvalue weighted by Gasteiger charge is -2.39. The second-order valence-electron chi connectivity index (χ2n) is 5.60. The van der Waals surface area contributed by atoms with Crippen LogP contribution in [0, 0.1) is 12.8 Å². The lowest BCUT2D eigenvalue weighted by molar-refractivity contribution is -0.00191. The number of hydrogen-bond acceptors (Lipinski definition) is 2. The molecule has 0 aliphatic carbocycles. The van der Waals surface area contributed by atoms with Crippen LogP contribution in [0.3, 0.4) is 0 Å².